The summed E-state index contributed by atoms with van der Waals surface area (Å²) in [5, 5.41) is 1.03. The van der Waals surface area contributed by atoms with Crippen molar-refractivity contribution in [2.45, 2.75) is 27.2 Å². The number of hydrogen-bond donors (Lipinski definition) is 0. The lowest BCUT2D eigenvalue weighted by atomic mass is 9.92. The van der Waals surface area contributed by atoms with Gasteiger partial charge >= 0.3 is 0 Å². The number of piperazine rings is 1. The molecule has 7 nitrogen and oxygen atoms in total. The van der Waals surface area contributed by atoms with Gasteiger partial charge in [-0.2, -0.15) is 0 Å². The molecular weight excluding hydrogens is 446 g/mol. The minimum Gasteiger partial charge on any atom is -0.497 e. The summed E-state index contributed by atoms with van der Waals surface area (Å²) in [7, 11) is 1.69. The molecule has 0 N–H and O–H groups in total. The Morgan fingerprint density at radius 3 is 2.29 bits per heavy atom. The van der Waals surface area contributed by atoms with Gasteiger partial charge in [0.15, 0.2) is 0 Å². The highest BCUT2D eigenvalue weighted by atomic mass is 32.1. The summed E-state index contributed by atoms with van der Waals surface area (Å²) >= 11 is 1.52. The zero-order valence-corrected chi connectivity index (χ0v) is 21.3. The number of carbonyl (C=O) groups excluding carboxylic acids is 1. The Hall–Kier alpha value is -2.87. The van der Waals surface area contributed by atoms with E-state index in [-0.39, 0.29) is 5.91 Å². The summed E-state index contributed by atoms with van der Waals surface area (Å²) in [5.74, 6) is 3.05. The Labute approximate surface area is 205 Å². The molecule has 1 amide bonds. The maximum absolute atomic E-state index is 13.5. The first-order valence-electron chi connectivity index (χ1n) is 12.1. The number of amides is 1. The van der Waals surface area contributed by atoms with Crippen molar-refractivity contribution in [1.29, 1.82) is 0 Å². The molecule has 2 saturated heterocycles. The topological polar surface area (TPSA) is 61.8 Å². The van der Waals surface area contributed by atoms with Crippen LogP contribution in [0.1, 0.15) is 35.5 Å². The molecule has 8 heteroatoms. The molecule has 0 saturated carbocycles. The molecule has 180 valence electrons. The molecule has 0 spiro atoms. The van der Waals surface area contributed by atoms with E-state index in [1.54, 1.807) is 13.4 Å². The highest BCUT2D eigenvalue weighted by Crippen LogP contribution is 2.37. The third-order valence-electron chi connectivity index (χ3n) is 7.07. The molecule has 2 aromatic heterocycles. The molecule has 2 aliphatic rings. The van der Waals surface area contributed by atoms with E-state index in [1.807, 2.05) is 17.0 Å². The molecule has 0 unspecified atom stereocenters. The molecule has 5 rings (SSSR count). The van der Waals surface area contributed by atoms with Crippen LogP contribution in [0.3, 0.4) is 0 Å². The molecule has 0 bridgehead atoms. The predicted octanol–water partition coefficient (Wildman–Crippen LogP) is 4.45. The number of thiophene rings is 1. The highest BCUT2D eigenvalue weighted by Gasteiger charge is 2.30. The van der Waals surface area contributed by atoms with E-state index in [2.05, 4.69) is 52.7 Å². The van der Waals surface area contributed by atoms with Crippen LogP contribution in [0.25, 0.3) is 10.2 Å². The number of aromatic nitrogens is 2. The quantitative estimate of drug-likeness (QED) is 0.551. The maximum atomic E-state index is 13.5. The SMILES string of the molecule is COc1ccc(N2CCN(c3ncnc4sc(C(=O)N5C[C@H](C)C[C@H](C)C5)c(C)c34)CC2)cc1. The summed E-state index contributed by atoms with van der Waals surface area (Å²) < 4.78 is 5.28. The number of likely N-dealkylation sites (tertiary alicyclic amines) is 1. The van der Waals surface area contributed by atoms with Gasteiger partial charge in [0, 0.05) is 45.0 Å². The van der Waals surface area contributed by atoms with E-state index < -0.39 is 0 Å². The van der Waals surface area contributed by atoms with Gasteiger partial charge in [-0.15, -0.1) is 11.3 Å². The normalized spacial score (nSPS) is 21.2. The molecule has 2 atom stereocenters. The van der Waals surface area contributed by atoms with Crippen LogP contribution in [-0.4, -0.2) is 67.2 Å². The molecular formula is C26H33N5O2S. The fourth-order valence-corrected chi connectivity index (χ4v) is 6.55. The van der Waals surface area contributed by atoms with Crippen LogP contribution >= 0.6 is 11.3 Å². The number of benzene rings is 1. The van der Waals surface area contributed by atoms with Crippen molar-refractivity contribution in [3.8, 4) is 5.75 Å². The van der Waals surface area contributed by atoms with Gasteiger partial charge in [0.25, 0.3) is 5.91 Å². The number of hydrogen-bond acceptors (Lipinski definition) is 7. The zero-order valence-electron chi connectivity index (χ0n) is 20.5. The van der Waals surface area contributed by atoms with Gasteiger partial charge in [0.1, 0.15) is 22.7 Å². The van der Waals surface area contributed by atoms with E-state index >= 15 is 0 Å². The molecule has 34 heavy (non-hydrogen) atoms. The standard InChI is InChI=1S/C26H33N5O2S/c1-17-13-18(2)15-31(14-17)26(32)23-19(3)22-24(27-16-28-25(22)34-23)30-11-9-29(10-12-30)20-5-7-21(33-4)8-6-20/h5-8,16-18H,9-15H2,1-4H3/t17-,18+. The van der Waals surface area contributed by atoms with E-state index in [9.17, 15) is 4.79 Å². The summed E-state index contributed by atoms with van der Waals surface area (Å²) in [6.07, 6.45) is 2.83. The minimum absolute atomic E-state index is 0.147. The second-order valence-corrected chi connectivity index (χ2v) is 10.8. The summed E-state index contributed by atoms with van der Waals surface area (Å²) in [5.41, 5.74) is 2.22. The molecule has 2 aliphatic heterocycles. The lowest BCUT2D eigenvalue weighted by Gasteiger charge is -2.37. The predicted molar refractivity (Wildman–Crippen MR) is 138 cm³/mol. The first-order valence-corrected chi connectivity index (χ1v) is 12.9. The summed E-state index contributed by atoms with van der Waals surface area (Å²) in [6, 6.07) is 8.24. The van der Waals surface area contributed by atoms with Crippen LogP contribution in [0.5, 0.6) is 5.75 Å². The Morgan fingerprint density at radius 1 is 1.00 bits per heavy atom. The van der Waals surface area contributed by atoms with E-state index in [0.29, 0.717) is 11.8 Å². The smallest absolute Gasteiger partial charge is 0.264 e. The van der Waals surface area contributed by atoms with Crippen molar-refractivity contribution in [2.75, 3.05) is 56.2 Å². The van der Waals surface area contributed by atoms with Gasteiger partial charge in [0.2, 0.25) is 0 Å². The van der Waals surface area contributed by atoms with Gasteiger partial charge < -0.3 is 19.4 Å². The van der Waals surface area contributed by atoms with Crippen LogP contribution in [-0.2, 0) is 0 Å². The second kappa shape index (κ2) is 9.41. The van der Waals surface area contributed by atoms with Gasteiger partial charge in [-0.25, -0.2) is 9.97 Å². The second-order valence-electron chi connectivity index (χ2n) is 9.76. The Balaban J connectivity index is 1.36. The summed E-state index contributed by atoms with van der Waals surface area (Å²) in [6.45, 7) is 11.8. The fraction of sp³-hybridized carbons (Fsp3) is 0.500. The number of nitrogens with zero attached hydrogens (tertiary/aromatic N) is 5. The average molecular weight is 480 g/mol. The van der Waals surface area contributed by atoms with Crippen molar-refractivity contribution in [1.82, 2.24) is 14.9 Å². The maximum Gasteiger partial charge on any atom is 0.264 e. The highest BCUT2D eigenvalue weighted by molar-refractivity contribution is 7.20. The third kappa shape index (κ3) is 4.31. The van der Waals surface area contributed by atoms with Crippen LogP contribution in [0.2, 0.25) is 0 Å². The number of fused-ring (bicyclic) bond motifs is 1. The molecule has 4 heterocycles. The monoisotopic (exact) mass is 479 g/mol. The van der Waals surface area contributed by atoms with Gasteiger partial charge in [-0.3, -0.25) is 4.79 Å². The van der Waals surface area contributed by atoms with Crippen molar-refractivity contribution in [3.05, 3.63) is 41.0 Å². The molecule has 3 aromatic rings. The lowest BCUT2D eigenvalue weighted by Crippen LogP contribution is -2.47. The molecule has 0 aliphatic carbocycles. The summed E-state index contributed by atoms with van der Waals surface area (Å²) in [4.78, 5) is 31.2. The van der Waals surface area contributed by atoms with Crippen LogP contribution in [0.15, 0.2) is 30.6 Å². The number of carbonyl (C=O) groups is 1. The average Bonchev–Trinajstić information content (AvgIpc) is 3.19. The molecule has 1 aromatic carbocycles. The van der Waals surface area contributed by atoms with Crippen molar-refractivity contribution < 1.29 is 9.53 Å². The lowest BCUT2D eigenvalue weighted by molar-refractivity contribution is 0.0627. The molecule has 2 fully saturated rings. The van der Waals surface area contributed by atoms with E-state index in [1.165, 1.54) is 23.4 Å². The number of rotatable bonds is 4. The first-order chi connectivity index (χ1) is 16.4. The number of piperidine rings is 1. The Bertz CT molecular complexity index is 1160. The first kappa shape index (κ1) is 22.9. The van der Waals surface area contributed by atoms with Crippen molar-refractivity contribution in [3.63, 3.8) is 0 Å². The number of ether oxygens (including phenoxy) is 1. The van der Waals surface area contributed by atoms with Crippen LogP contribution in [0, 0.1) is 18.8 Å². The number of anilines is 2. The van der Waals surface area contributed by atoms with E-state index in [0.717, 1.165) is 71.5 Å². The molecule has 0 radical (unpaired) electrons. The Morgan fingerprint density at radius 2 is 1.65 bits per heavy atom. The van der Waals surface area contributed by atoms with Crippen LogP contribution in [0.4, 0.5) is 11.5 Å². The van der Waals surface area contributed by atoms with E-state index in [4.69, 9.17) is 4.74 Å². The van der Waals surface area contributed by atoms with Crippen molar-refractivity contribution >= 4 is 39.0 Å². The minimum atomic E-state index is 0.147. The van der Waals surface area contributed by atoms with Gasteiger partial charge in [-0.05, 0) is 55.0 Å². The third-order valence-corrected chi connectivity index (χ3v) is 8.26. The zero-order chi connectivity index (χ0) is 23.8. The van der Waals surface area contributed by atoms with Gasteiger partial charge in [-0.1, -0.05) is 13.8 Å². The Kier molecular flexibility index (Phi) is 6.34. The number of aryl methyl sites for hydroxylation is 1. The van der Waals surface area contributed by atoms with Crippen molar-refractivity contribution in [2.24, 2.45) is 11.8 Å². The van der Waals surface area contributed by atoms with Crippen LogP contribution < -0.4 is 14.5 Å². The fourth-order valence-electron chi connectivity index (χ4n) is 5.44. The number of methoxy groups -OCH3 is 1. The largest absolute Gasteiger partial charge is 0.497 e. The van der Waals surface area contributed by atoms with Gasteiger partial charge in [0.05, 0.1) is 17.4 Å².